The molecule has 3 nitrogen and oxygen atoms in total. The zero-order chi connectivity index (χ0) is 12.1. The molecule has 0 aromatic rings. The van der Waals surface area contributed by atoms with Crippen molar-refractivity contribution in [3.63, 3.8) is 0 Å². The van der Waals surface area contributed by atoms with E-state index in [1.165, 1.54) is 51.4 Å². The van der Waals surface area contributed by atoms with Gasteiger partial charge in [-0.15, -0.1) is 0 Å². The van der Waals surface area contributed by atoms with Gasteiger partial charge in [0.2, 0.25) is 5.91 Å². The highest BCUT2D eigenvalue weighted by atomic mass is 16.1. The lowest BCUT2D eigenvalue weighted by atomic mass is 10.0. The average molecular weight is 238 g/mol. The molecule has 2 fully saturated rings. The van der Waals surface area contributed by atoms with Crippen LogP contribution >= 0.6 is 0 Å². The highest BCUT2D eigenvalue weighted by Crippen LogP contribution is 2.48. The SMILES string of the molecule is CCCC1(CNC(=O)CNC2CCCC2)CC1. The van der Waals surface area contributed by atoms with Crippen LogP contribution in [0.15, 0.2) is 0 Å². The first-order valence-electron chi connectivity index (χ1n) is 7.24. The Hall–Kier alpha value is -0.570. The quantitative estimate of drug-likeness (QED) is 0.714. The van der Waals surface area contributed by atoms with Crippen LogP contribution in [0.4, 0.5) is 0 Å². The van der Waals surface area contributed by atoms with E-state index in [0.29, 0.717) is 18.0 Å². The van der Waals surface area contributed by atoms with Crippen molar-refractivity contribution in [2.45, 2.75) is 64.3 Å². The number of hydrogen-bond donors (Lipinski definition) is 2. The molecule has 2 rings (SSSR count). The summed E-state index contributed by atoms with van der Waals surface area (Å²) in [6, 6.07) is 0.589. The van der Waals surface area contributed by atoms with Gasteiger partial charge in [-0.1, -0.05) is 26.2 Å². The molecule has 0 aromatic carbocycles. The Kier molecular flexibility index (Phi) is 4.43. The molecule has 0 aromatic heterocycles. The predicted octanol–water partition coefficient (Wildman–Crippen LogP) is 2.22. The van der Waals surface area contributed by atoms with Crippen LogP contribution in [0.25, 0.3) is 0 Å². The molecule has 17 heavy (non-hydrogen) atoms. The van der Waals surface area contributed by atoms with Gasteiger partial charge >= 0.3 is 0 Å². The second-order valence-corrected chi connectivity index (χ2v) is 5.89. The van der Waals surface area contributed by atoms with E-state index in [0.717, 1.165) is 6.54 Å². The molecule has 0 atom stereocenters. The Balaban J connectivity index is 1.57. The Morgan fingerprint density at radius 1 is 1.29 bits per heavy atom. The Morgan fingerprint density at radius 2 is 2.00 bits per heavy atom. The molecular formula is C14H26N2O. The standard InChI is InChI=1S/C14H26N2O/c1-2-7-14(8-9-14)11-16-13(17)10-15-12-5-3-4-6-12/h12,15H,2-11H2,1H3,(H,16,17). The fourth-order valence-corrected chi connectivity index (χ4v) is 2.94. The molecule has 0 bridgehead atoms. The summed E-state index contributed by atoms with van der Waals surface area (Å²) in [6.45, 7) is 3.63. The lowest BCUT2D eigenvalue weighted by Crippen LogP contribution is -2.40. The van der Waals surface area contributed by atoms with Crippen molar-refractivity contribution < 1.29 is 4.79 Å². The number of carbonyl (C=O) groups is 1. The lowest BCUT2D eigenvalue weighted by molar-refractivity contribution is -0.120. The van der Waals surface area contributed by atoms with Crippen molar-refractivity contribution in [3.05, 3.63) is 0 Å². The topological polar surface area (TPSA) is 41.1 Å². The van der Waals surface area contributed by atoms with Crippen LogP contribution in [0.2, 0.25) is 0 Å². The first kappa shape index (κ1) is 12.9. The van der Waals surface area contributed by atoms with Crippen molar-refractivity contribution in [2.24, 2.45) is 5.41 Å². The molecule has 2 N–H and O–H groups in total. The molecule has 0 heterocycles. The van der Waals surface area contributed by atoms with Gasteiger partial charge in [0.25, 0.3) is 0 Å². The average Bonchev–Trinajstić information content (AvgIpc) is 2.90. The summed E-state index contributed by atoms with van der Waals surface area (Å²) in [5, 5.41) is 6.45. The van der Waals surface area contributed by atoms with Gasteiger partial charge < -0.3 is 10.6 Å². The number of amides is 1. The zero-order valence-corrected chi connectivity index (χ0v) is 11.1. The fraction of sp³-hybridized carbons (Fsp3) is 0.929. The third-order valence-corrected chi connectivity index (χ3v) is 4.30. The molecule has 0 aliphatic heterocycles. The van der Waals surface area contributed by atoms with E-state index in [2.05, 4.69) is 17.6 Å². The zero-order valence-electron chi connectivity index (χ0n) is 11.1. The van der Waals surface area contributed by atoms with Gasteiger partial charge in [-0.05, 0) is 37.5 Å². The van der Waals surface area contributed by atoms with Crippen LogP contribution < -0.4 is 10.6 Å². The maximum Gasteiger partial charge on any atom is 0.233 e. The molecular weight excluding hydrogens is 212 g/mol. The number of nitrogens with one attached hydrogen (secondary N) is 2. The van der Waals surface area contributed by atoms with Gasteiger partial charge in [0.15, 0.2) is 0 Å². The van der Waals surface area contributed by atoms with Crippen molar-refractivity contribution in [1.29, 1.82) is 0 Å². The summed E-state index contributed by atoms with van der Waals surface area (Å²) in [4.78, 5) is 11.7. The van der Waals surface area contributed by atoms with Crippen LogP contribution in [0.5, 0.6) is 0 Å². The molecule has 98 valence electrons. The summed E-state index contributed by atoms with van der Waals surface area (Å²) >= 11 is 0. The monoisotopic (exact) mass is 238 g/mol. The van der Waals surface area contributed by atoms with E-state index in [4.69, 9.17) is 0 Å². The minimum Gasteiger partial charge on any atom is -0.354 e. The van der Waals surface area contributed by atoms with Crippen molar-refractivity contribution in [1.82, 2.24) is 10.6 Å². The molecule has 0 saturated heterocycles. The second kappa shape index (κ2) is 5.85. The largest absolute Gasteiger partial charge is 0.354 e. The molecule has 0 radical (unpaired) electrons. The second-order valence-electron chi connectivity index (χ2n) is 5.89. The fourth-order valence-electron chi connectivity index (χ4n) is 2.94. The molecule has 2 aliphatic rings. The van der Waals surface area contributed by atoms with Crippen LogP contribution in [-0.2, 0) is 4.79 Å². The minimum atomic E-state index is 0.180. The normalized spacial score (nSPS) is 22.6. The smallest absolute Gasteiger partial charge is 0.233 e. The molecule has 2 aliphatic carbocycles. The molecule has 0 unspecified atom stereocenters. The molecule has 0 spiro atoms. The number of rotatable bonds is 7. The summed E-state index contributed by atoms with van der Waals surface area (Å²) in [7, 11) is 0. The summed E-state index contributed by atoms with van der Waals surface area (Å²) in [5.41, 5.74) is 0.470. The molecule has 1 amide bonds. The lowest BCUT2D eigenvalue weighted by Gasteiger charge is -2.16. The predicted molar refractivity (Wildman–Crippen MR) is 69.8 cm³/mol. The number of carbonyl (C=O) groups excluding carboxylic acids is 1. The van der Waals surface area contributed by atoms with Crippen molar-refractivity contribution >= 4 is 5.91 Å². The Morgan fingerprint density at radius 3 is 2.59 bits per heavy atom. The summed E-state index contributed by atoms with van der Waals surface area (Å²) in [5.74, 6) is 0.180. The third-order valence-electron chi connectivity index (χ3n) is 4.30. The van der Waals surface area contributed by atoms with Gasteiger partial charge in [0.1, 0.15) is 0 Å². The van der Waals surface area contributed by atoms with Crippen molar-refractivity contribution in [3.8, 4) is 0 Å². The van der Waals surface area contributed by atoms with Gasteiger partial charge in [0.05, 0.1) is 6.54 Å². The maximum absolute atomic E-state index is 11.7. The number of hydrogen-bond acceptors (Lipinski definition) is 2. The van der Waals surface area contributed by atoms with Crippen molar-refractivity contribution in [2.75, 3.05) is 13.1 Å². The van der Waals surface area contributed by atoms with E-state index in [9.17, 15) is 4.79 Å². The Labute approximate surface area is 105 Å². The molecule has 3 heteroatoms. The first-order valence-corrected chi connectivity index (χ1v) is 7.24. The first-order chi connectivity index (χ1) is 8.24. The van der Waals surface area contributed by atoms with E-state index in [1.807, 2.05) is 0 Å². The minimum absolute atomic E-state index is 0.180. The maximum atomic E-state index is 11.7. The highest BCUT2D eigenvalue weighted by molar-refractivity contribution is 5.78. The van der Waals surface area contributed by atoms with Gasteiger partial charge in [0, 0.05) is 12.6 Å². The molecule has 2 saturated carbocycles. The van der Waals surface area contributed by atoms with E-state index in [-0.39, 0.29) is 5.91 Å². The van der Waals surface area contributed by atoms with Gasteiger partial charge in [-0.2, -0.15) is 0 Å². The summed E-state index contributed by atoms with van der Waals surface area (Å²) < 4.78 is 0. The highest BCUT2D eigenvalue weighted by Gasteiger charge is 2.41. The van der Waals surface area contributed by atoms with E-state index >= 15 is 0 Å². The van der Waals surface area contributed by atoms with E-state index < -0.39 is 0 Å². The van der Waals surface area contributed by atoms with Crippen LogP contribution in [0, 0.1) is 5.41 Å². The van der Waals surface area contributed by atoms with Crippen LogP contribution in [-0.4, -0.2) is 25.0 Å². The van der Waals surface area contributed by atoms with Crippen LogP contribution in [0.3, 0.4) is 0 Å². The summed E-state index contributed by atoms with van der Waals surface area (Å²) in [6.07, 6.45) is 10.2. The van der Waals surface area contributed by atoms with Gasteiger partial charge in [-0.25, -0.2) is 0 Å². The van der Waals surface area contributed by atoms with Gasteiger partial charge in [-0.3, -0.25) is 4.79 Å². The third kappa shape index (κ3) is 3.98. The van der Waals surface area contributed by atoms with E-state index in [1.54, 1.807) is 0 Å². The van der Waals surface area contributed by atoms with Crippen LogP contribution in [0.1, 0.15) is 58.3 Å². The Bertz CT molecular complexity index is 255.